The third-order valence-corrected chi connectivity index (χ3v) is 1.84. The molecule has 0 spiro atoms. The lowest BCUT2D eigenvalue weighted by atomic mass is 10.2. The highest BCUT2D eigenvalue weighted by atomic mass is 32.1. The van der Waals surface area contributed by atoms with Gasteiger partial charge < -0.3 is 4.74 Å². The van der Waals surface area contributed by atoms with Crippen molar-refractivity contribution in [2.75, 3.05) is 12.9 Å². The standard InChI is InChI=1S/C11H11FOS/c1-13-11-6-5-9(8-10(11)12)4-2-3-7-14/h5-6,8,14H,3,7H2,1H3. The van der Waals surface area contributed by atoms with E-state index in [1.54, 1.807) is 12.1 Å². The van der Waals surface area contributed by atoms with Crippen LogP contribution in [0.15, 0.2) is 18.2 Å². The SMILES string of the molecule is COc1ccc(C#CCCS)cc1F. The first kappa shape index (κ1) is 10.9. The minimum atomic E-state index is -0.384. The Morgan fingerprint density at radius 1 is 1.50 bits per heavy atom. The van der Waals surface area contributed by atoms with Crippen molar-refractivity contribution in [3.8, 4) is 17.6 Å². The number of benzene rings is 1. The van der Waals surface area contributed by atoms with Crippen LogP contribution in [0.4, 0.5) is 4.39 Å². The van der Waals surface area contributed by atoms with E-state index >= 15 is 0 Å². The second-order valence-corrected chi connectivity index (χ2v) is 3.07. The maximum Gasteiger partial charge on any atom is 0.166 e. The van der Waals surface area contributed by atoms with Crippen LogP contribution in [0.3, 0.4) is 0 Å². The van der Waals surface area contributed by atoms with Gasteiger partial charge in [-0.3, -0.25) is 0 Å². The zero-order valence-corrected chi connectivity index (χ0v) is 8.77. The molecule has 0 aliphatic heterocycles. The topological polar surface area (TPSA) is 9.23 Å². The van der Waals surface area contributed by atoms with Crippen molar-refractivity contribution in [3.63, 3.8) is 0 Å². The number of ether oxygens (including phenoxy) is 1. The fourth-order valence-electron chi connectivity index (χ4n) is 0.965. The van der Waals surface area contributed by atoms with E-state index < -0.39 is 0 Å². The molecule has 0 atom stereocenters. The fourth-order valence-corrected chi connectivity index (χ4v) is 1.08. The minimum Gasteiger partial charge on any atom is -0.494 e. The zero-order chi connectivity index (χ0) is 10.4. The summed E-state index contributed by atoms with van der Waals surface area (Å²) in [6, 6.07) is 4.66. The molecule has 3 heteroatoms. The highest BCUT2D eigenvalue weighted by Crippen LogP contribution is 2.16. The molecule has 1 nitrogen and oxygen atoms in total. The Kier molecular flexibility index (Phi) is 4.34. The number of methoxy groups -OCH3 is 1. The van der Waals surface area contributed by atoms with Gasteiger partial charge in [-0.15, -0.1) is 0 Å². The molecule has 0 saturated heterocycles. The molecule has 0 N–H and O–H groups in total. The van der Waals surface area contributed by atoms with Crippen molar-refractivity contribution < 1.29 is 9.13 Å². The fraction of sp³-hybridized carbons (Fsp3) is 0.273. The minimum absolute atomic E-state index is 0.241. The second kappa shape index (κ2) is 5.56. The summed E-state index contributed by atoms with van der Waals surface area (Å²) >= 11 is 4.02. The summed E-state index contributed by atoms with van der Waals surface area (Å²) in [6.45, 7) is 0. The Hall–Kier alpha value is -1.14. The van der Waals surface area contributed by atoms with Gasteiger partial charge in [0.2, 0.25) is 0 Å². The number of thiol groups is 1. The monoisotopic (exact) mass is 210 g/mol. The lowest BCUT2D eigenvalue weighted by Gasteiger charge is -2.00. The lowest BCUT2D eigenvalue weighted by Crippen LogP contribution is -1.88. The molecule has 0 aliphatic rings. The van der Waals surface area contributed by atoms with Gasteiger partial charge in [0.1, 0.15) is 0 Å². The largest absolute Gasteiger partial charge is 0.494 e. The highest BCUT2D eigenvalue weighted by molar-refractivity contribution is 7.80. The molecule has 0 radical (unpaired) electrons. The predicted octanol–water partition coefficient (Wildman–Crippen LogP) is 2.51. The summed E-state index contributed by atoms with van der Waals surface area (Å²) in [5.41, 5.74) is 0.657. The van der Waals surface area contributed by atoms with Gasteiger partial charge in [0.15, 0.2) is 11.6 Å². The van der Waals surface area contributed by atoms with Gasteiger partial charge in [0, 0.05) is 17.7 Å². The summed E-state index contributed by atoms with van der Waals surface area (Å²) in [4.78, 5) is 0. The summed E-state index contributed by atoms with van der Waals surface area (Å²) in [5.74, 6) is 6.30. The van der Waals surface area contributed by atoms with Crippen LogP contribution in [0.5, 0.6) is 5.75 Å². The molecule has 0 unspecified atom stereocenters. The van der Waals surface area contributed by atoms with Crippen LogP contribution in [0, 0.1) is 17.7 Å². The number of hydrogen-bond donors (Lipinski definition) is 1. The summed E-state index contributed by atoms with van der Waals surface area (Å²) in [5, 5.41) is 0. The molecule has 0 bridgehead atoms. The van der Waals surface area contributed by atoms with Crippen molar-refractivity contribution in [3.05, 3.63) is 29.6 Å². The first-order valence-corrected chi connectivity index (χ1v) is 4.84. The van der Waals surface area contributed by atoms with Crippen molar-refractivity contribution >= 4 is 12.6 Å². The molecule has 1 rings (SSSR count). The van der Waals surface area contributed by atoms with Crippen LogP contribution in [0.25, 0.3) is 0 Å². The zero-order valence-electron chi connectivity index (χ0n) is 7.88. The average molecular weight is 210 g/mol. The van der Waals surface area contributed by atoms with Crippen molar-refractivity contribution in [1.82, 2.24) is 0 Å². The van der Waals surface area contributed by atoms with Crippen molar-refractivity contribution in [1.29, 1.82) is 0 Å². The van der Waals surface area contributed by atoms with Crippen LogP contribution in [0.1, 0.15) is 12.0 Å². The second-order valence-electron chi connectivity index (χ2n) is 2.62. The van der Waals surface area contributed by atoms with Gasteiger partial charge in [0.05, 0.1) is 7.11 Å². The third kappa shape index (κ3) is 2.97. The maximum atomic E-state index is 13.2. The third-order valence-electron chi connectivity index (χ3n) is 1.62. The first-order chi connectivity index (χ1) is 6.77. The van der Waals surface area contributed by atoms with E-state index in [0.29, 0.717) is 17.7 Å². The number of hydrogen-bond acceptors (Lipinski definition) is 2. The Morgan fingerprint density at radius 3 is 2.86 bits per heavy atom. The van der Waals surface area contributed by atoms with E-state index in [2.05, 4.69) is 24.5 Å². The molecule has 74 valence electrons. The van der Waals surface area contributed by atoms with Crippen LogP contribution >= 0.6 is 12.6 Å². The number of halogens is 1. The predicted molar refractivity (Wildman–Crippen MR) is 58.3 cm³/mol. The average Bonchev–Trinajstić information content (AvgIpc) is 2.18. The molecule has 0 aliphatic carbocycles. The van der Waals surface area contributed by atoms with E-state index in [1.807, 2.05) is 0 Å². The molecule has 1 aromatic carbocycles. The van der Waals surface area contributed by atoms with Crippen molar-refractivity contribution in [2.45, 2.75) is 6.42 Å². The van der Waals surface area contributed by atoms with Crippen LogP contribution in [-0.4, -0.2) is 12.9 Å². The van der Waals surface area contributed by atoms with Crippen LogP contribution in [-0.2, 0) is 0 Å². The Morgan fingerprint density at radius 2 is 2.29 bits per heavy atom. The summed E-state index contributed by atoms with van der Waals surface area (Å²) in [7, 11) is 1.44. The van der Waals surface area contributed by atoms with Gasteiger partial charge in [-0.2, -0.15) is 12.6 Å². The molecular formula is C11H11FOS. The summed E-state index contributed by atoms with van der Waals surface area (Å²) in [6.07, 6.45) is 0.705. The van der Waals surface area contributed by atoms with E-state index in [1.165, 1.54) is 13.2 Å². The van der Waals surface area contributed by atoms with Gasteiger partial charge in [-0.05, 0) is 18.2 Å². The van der Waals surface area contributed by atoms with Crippen LogP contribution in [0.2, 0.25) is 0 Å². The summed E-state index contributed by atoms with van der Waals surface area (Å²) < 4.78 is 17.9. The Balaban J connectivity index is 2.82. The van der Waals surface area contributed by atoms with E-state index in [4.69, 9.17) is 4.74 Å². The Bertz CT molecular complexity index is 365. The number of rotatable bonds is 2. The van der Waals surface area contributed by atoms with Gasteiger partial charge >= 0.3 is 0 Å². The van der Waals surface area contributed by atoms with E-state index in [-0.39, 0.29) is 11.6 Å². The van der Waals surface area contributed by atoms with Crippen molar-refractivity contribution in [2.24, 2.45) is 0 Å². The van der Waals surface area contributed by atoms with E-state index in [9.17, 15) is 4.39 Å². The molecule has 0 saturated carbocycles. The van der Waals surface area contributed by atoms with Gasteiger partial charge in [-0.1, -0.05) is 11.8 Å². The quantitative estimate of drug-likeness (QED) is 0.583. The molecule has 0 aromatic heterocycles. The highest BCUT2D eigenvalue weighted by Gasteiger charge is 2.00. The molecule has 0 fully saturated rings. The Labute approximate surface area is 88.7 Å². The molecule has 14 heavy (non-hydrogen) atoms. The molecular weight excluding hydrogens is 199 g/mol. The van der Waals surface area contributed by atoms with E-state index in [0.717, 1.165) is 0 Å². The van der Waals surface area contributed by atoms with Gasteiger partial charge in [0.25, 0.3) is 0 Å². The molecule has 1 aromatic rings. The lowest BCUT2D eigenvalue weighted by molar-refractivity contribution is 0.386. The maximum absolute atomic E-state index is 13.2. The smallest absolute Gasteiger partial charge is 0.166 e. The normalized spacial score (nSPS) is 9.07. The molecule has 0 amide bonds. The van der Waals surface area contributed by atoms with Crippen LogP contribution < -0.4 is 4.74 Å². The van der Waals surface area contributed by atoms with Gasteiger partial charge in [-0.25, -0.2) is 4.39 Å². The molecule has 0 heterocycles. The first-order valence-electron chi connectivity index (χ1n) is 4.21.